The molecule has 0 aliphatic heterocycles. The molecule has 0 saturated carbocycles. The normalized spacial score (nSPS) is 14.5. The summed E-state index contributed by atoms with van der Waals surface area (Å²) in [7, 11) is 0. The van der Waals surface area contributed by atoms with Crippen LogP contribution in [0.4, 0.5) is 0 Å². The topological polar surface area (TPSA) is 36.9 Å². The molecule has 0 aromatic carbocycles. The van der Waals surface area contributed by atoms with Crippen molar-refractivity contribution < 1.29 is 18.9 Å². The van der Waals surface area contributed by atoms with Crippen molar-refractivity contribution in [2.75, 3.05) is 26.4 Å². The smallest absolute Gasteiger partial charge is 0.176 e. The molecule has 1 heterocycles. The Hall–Kier alpha value is -0.780. The summed E-state index contributed by atoms with van der Waals surface area (Å²) in [6.07, 6.45) is 4.00. The maximum absolute atomic E-state index is 6.58. The lowest BCUT2D eigenvalue weighted by Gasteiger charge is -2.26. The Labute approximate surface area is 196 Å². The molecular formula is C26H48O4S. The number of rotatable bonds is 16. The molecule has 0 bridgehead atoms. The number of thiophene rings is 1. The van der Waals surface area contributed by atoms with Crippen molar-refractivity contribution in [3.05, 3.63) is 9.75 Å². The zero-order chi connectivity index (χ0) is 23.7. The van der Waals surface area contributed by atoms with E-state index in [9.17, 15) is 0 Å². The van der Waals surface area contributed by atoms with Crippen LogP contribution < -0.4 is 9.47 Å². The molecule has 0 saturated heterocycles. The predicted molar refractivity (Wildman–Crippen MR) is 133 cm³/mol. The summed E-state index contributed by atoms with van der Waals surface area (Å²) in [6, 6.07) is 0. The lowest BCUT2D eigenvalue weighted by molar-refractivity contribution is 0.0452. The van der Waals surface area contributed by atoms with Gasteiger partial charge in [-0.15, -0.1) is 11.3 Å². The summed E-state index contributed by atoms with van der Waals surface area (Å²) in [6.45, 7) is 24.8. The van der Waals surface area contributed by atoms with Gasteiger partial charge in [0.05, 0.1) is 23.0 Å². The highest BCUT2D eigenvalue weighted by Crippen LogP contribution is 2.53. The van der Waals surface area contributed by atoms with Crippen LogP contribution in [-0.4, -0.2) is 38.6 Å². The summed E-state index contributed by atoms with van der Waals surface area (Å²) in [4.78, 5) is 2.54. The second-order valence-corrected chi connectivity index (χ2v) is 10.9. The maximum atomic E-state index is 6.58. The first-order valence-electron chi connectivity index (χ1n) is 12.2. The molecule has 31 heavy (non-hydrogen) atoms. The van der Waals surface area contributed by atoms with Gasteiger partial charge in [0, 0.05) is 24.0 Å². The van der Waals surface area contributed by atoms with Gasteiger partial charge in [0.1, 0.15) is 12.2 Å². The minimum atomic E-state index is -0.0425. The predicted octanol–water partition coefficient (Wildman–Crippen LogP) is 7.51. The van der Waals surface area contributed by atoms with Crippen molar-refractivity contribution in [3.8, 4) is 11.5 Å². The maximum Gasteiger partial charge on any atom is 0.176 e. The van der Waals surface area contributed by atoms with E-state index in [1.54, 1.807) is 0 Å². The Morgan fingerprint density at radius 2 is 1.03 bits per heavy atom. The summed E-state index contributed by atoms with van der Waals surface area (Å²) in [5.74, 6) is 1.81. The second-order valence-electron chi connectivity index (χ2n) is 9.90. The first-order chi connectivity index (χ1) is 14.5. The van der Waals surface area contributed by atoms with Crippen LogP contribution in [0.15, 0.2) is 0 Å². The van der Waals surface area contributed by atoms with Gasteiger partial charge in [-0.3, -0.25) is 0 Å². The zero-order valence-corrected chi connectivity index (χ0v) is 22.7. The van der Waals surface area contributed by atoms with E-state index in [2.05, 4.69) is 69.2 Å². The molecule has 0 radical (unpaired) electrons. The highest BCUT2D eigenvalue weighted by molar-refractivity contribution is 7.13. The molecule has 1 aromatic heterocycles. The molecule has 2 unspecified atom stereocenters. The Bertz CT molecular complexity index is 583. The number of hydrogen-bond acceptors (Lipinski definition) is 5. The summed E-state index contributed by atoms with van der Waals surface area (Å²) in [5, 5.41) is 0. The van der Waals surface area contributed by atoms with Crippen LogP contribution in [0.25, 0.3) is 0 Å². The van der Waals surface area contributed by atoms with E-state index in [-0.39, 0.29) is 23.0 Å². The molecule has 182 valence electrons. The third-order valence-electron chi connectivity index (χ3n) is 5.86. The van der Waals surface area contributed by atoms with E-state index < -0.39 is 0 Å². The van der Waals surface area contributed by atoms with Crippen LogP contribution in [0.2, 0.25) is 0 Å². The van der Waals surface area contributed by atoms with Crippen LogP contribution in [0.5, 0.6) is 11.5 Å². The first-order valence-corrected chi connectivity index (χ1v) is 13.0. The fourth-order valence-electron chi connectivity index (χ4n) is 3.08. The third kappa shape index (κ3) is 8.25. The fourth-order valence-corrected chi connectivity index (χ4v) is 4.60. The molecule has 0 aliphatic rings. The molecule has 2 atom stereocenters. The minimum absolute atomic E-state index is 0.00608. The van der Waals surface area contributed by atoms with Gasteiger partial charge in [0.15, 0.2) is 11.5 Å². The minimum Gasteiger partial charge on any atom is -0.483 e. The van der Waals surface area contributed by atoms with E-state index >= 15 is 0 Å². The SMILES string of the molecule is CCCOCC(C)Oc1c(C(C)(C)CC)sc(C(C)(C)CC)c1OC(C)COCCC. The average Bonchev–Trinajstić information content (AvgIpc) is 3.07. The Morgan fingerprint density at radius 3 is 1.32 bits per heavy atom. The number of hydrogen-bond donors (Lipinski definition) is 0. The third-order valence-corrected chi connectivity index (χ3v) is 7.74. The van der Waals surface area contributed by atoms with Crippen LogP contribution >= 0.6 is 11.3 Å². The van der Waals surface area contributed by atoms with Gasteiger partial charge in [-0.2, -0.15) is 0 Å². The standard InChI is InChI=1S/C26H48O4S/c1-11-15-27-17-19(5)29-21-22(30-20(6)18-28-16-12-2)24(26(9,10)14-4)31-23(21)25(7,8)13-3/h19-20H,11-18H2,1-10H3. The highest BCUT2D eigenvalue weighted by Gasteiger charge is 2.37. The van der Waals surface area contributed by atoms with Gasteiger partial charge in [-0.25, -0.2) is 0 Å². The molecule has 0 spiro atoms. The molecule has 0 amide bonds. The molecule has 0 N–H and O–H groups in total. The molecule has 4 nitrogen and oxygen atoms in total. The Balaban J connectivity index is 3.40. The summed E-state index contributed by atoms with van der Waals surface area (Å²) >= 11 is 1.86. The van der Waals surface area contributed by atoms with E-state index in [1.807, 2.05) is 11.3 Å². The van der Waals surface area contributed by atoms with Gasteiger partial charge in [0.2, 0.25) is 0 Å². The van der Waals surface area contributed by atoms with Crippen molar-refractivity contribution in [1.29, 1.82) is 0 Å². The van der Waals surface area contributed by atoms with Crippen LogP contribution in [-0.2, 0) is 20.3 Å². The summed E-state index contributed by atoms with van der Waals surface area (Å²) in [5.41, 5.74) is 0.0122. The second kappa shape index (κ2) is 13.1. The quantitative estimate of drug-likeness (QED) is 0.241. The van der Waals surface area contributed by atoms with Gasteiger partial charge in [-0.05, 0) is 39.5 Å². The average molecular weight is 457 g/mol. The van der Waals surface area contributed by atoms with E-state index in [4.69, 9.17) is 18.9 Å². The fraction of sp³-hybridized carbons (Fsp3) is 0.846. The summed E-state index contributed by atoms with van der Waals surface area (Å²) < 4.78 is 24.7. The molecule has 0 aliphatic carbocycles. The largest absolute Gasteiger partial charge is 0.483 e. The van der Waals surface area contributed by atoms with Gasteiger partial charge < -0.3 is 18.9 Å². The van der Waals surface area contributed by atoms with Gasteiger partial charge in [-0.1, -0.05) is 55.4 Å². The van der Waals surface area contributed by atoms with Crippen molar-refractivity contribution in [3.63, 3.8) is 0 Å². The van der Waals surface area contributed by atoms with Gasteiger partial charge in [0.25, 0.3) is 0 Å². The highest BCUT2D eigenvalue weighted by atomic mass is 32.1. The molecule has 5 heteroatoms. The van der Waals surface area contributed by atoms with Crippen molar-refractivity contribution in [2.24, 2.45) is 0 Å². The van der Waals surface area contributed by atoms with E-state index in [0.717, 1.165) is 50.4 Å². The molecule has 0 fully saturated rings. The van der Waals surface area contributed by atoms with Crippen LogP contribution in [0.3, 0.4) is 0 Å². The Morgan fingerprint density at radius 1 is 0.677 bits per heavy atom. The van der Waals surface area contributed by atoms with Gasteiger partial charge >= 0.3 is 0 Å². The van der Waals surface area contributed by atoms with Crippen LogP contribution in [0, 0.1) is 0 Å². The Kier molecular flexibility index (Phi) is 11.9. The van der Waals surface area contributed by atoms with Crippen molar-refractivity contribution in [1.82, 2.24) is 0 Å². The molecule has 1 rings (SSSR count). The lowest BCUT2D eigenvalue weighted by Crippen LogP contribution is -2.25. The molecule has 1 aromatic rings. The lowest BCUT2D eigenvalue weighted by atomic mass is 9.86. The number of ether oxygens (including phenoxy) is 4. The zero-order valence-electron chi connectivity index (χ0n) is 21.9. The monoisotopic (exact) mass is 456 g/mol. The van der Waals surface area contributed by atoms with Crippen LogP contribution in [0.1, 0.15) is 105 Å². The van der Waals surface area contributed by atoms with E-state index in [0.29, 0.717) is 13.2 Å². The van der Waals surface area contributed by atoms with E-state index in [1.165, 1.54) is 9.75 Å². The van der Waals surface area contributed by atoms with Crippen molar-refractivity contribution >= 4 is 11.3 Å². The molecular weight excluding hydrogens is 408 g/mol. The van der Waals surface area contributed by atoms with Crippen molar-refractivity contribution in [2.45, 2.75) is 118 Å². The first kappa shape index (κ1) is 28.3.